The van der Waals surface area contributed by atoms with Crippen molar-refractivity contribution in [3.8, 4) is 0 Å². The lowest BCUT2D eigenvalue weighted by atomic mass is 10.3. The van der Waals surface area contributed by atoms with Crippen LogP contribution in [0.1, 0.15) is 0 Å². The normalized spacial score (nSPS) is 10.9. The van der Waals surface area contributed by atoms with Gasteiger partial charge in [-0.25, -0.2) is 9.37 Å². The summed E-state index contributed by atoms with van der Waals surface area (Å²) < 4.78 is 15.7. The molecular formula is C12H11FN4S. The maximum absolute atomic E-state index is 13.0. The molecule has 0 spiro atoms. The Morgan fingerprint density at radius 3 is 3.17 bits per heavy atom. The van der Waals surface area contributed by atoms with Crippen molar-refractivity contribution in [1.29, 1.82) is 0 Å². The highest BCUT2D eigenvalue weighted by Gasteiger charge is 2.04. The summed E-state index contributed by atoms with van der Waals surface area (Å²) in [6.07, 6.45) is 3.66. The summed E-state index contributed by atoms with van der Waals surface area (Å²) in [7, 11) is 0. The number of fused-ring (bicyclic) bond motifs is 1. The van der Waals surface area contributed by atoms with Gasteiger partial charge >= 0.3 is 0 Å². The van der Waals surface area contributed by atoms with Gasteiger partial charge in [0.2, 0.25) is 0 Å². The zero-order valence-corrected chi connectivity index (χ0v) is 10.3. The molecule has 1 aromatic carbocycles. The van der Waals surface area contributed by atoms with Crippen molar-refractivity contribution >= 4 is 26.7 Å². The van der Waals surface area contributed by atoms with Gasteiger partial charge in [0, 0.05) is 18.9 Å². The first kappa shape index (κ1) is 11.2. The third-order valence-electron chi connectivity index (χ3n) is 2.53. The second-order valence-electron chi connectivity index (χ2n) is 3.83. The van der Waals surface area contributed by atoms with Gasteiger partial charge in [0.15, 0.2) is 5.13 Å². The number of hydrogen-bond acceptors (Lipinski definition) is 4. The van der Waals surface area contributed by atoms with Crippen molar-refractivity contribution in [2.45, 2.75) is 6.54 Å². The molecule has 3 rings (SSSR count). The predicted molar refractivity (Wildman–Crippen MR) is 70.3 cm³/mol. The lowest BCUT2D eigenvalue weighted by molar-refractivity contribution is 0.630. The topological polar surface area (TPSA) is 42.7 Å². The summed E-state index contributed by atoms with van der Waals surface area (Å²) in [6.45, 7) is 1.52. The Kier molecular flexibility index (Phi) is 2.93. The number of rotatable bonds is 4. The monoisotopic (exact) mass is 262 g/mol. The van der Waals surface area contributed by atoms with Crippen LogP contribution in [0.5, 0.6) is 0 Å². The fraction of sp³-hybridized carbons (Fsp3) is 0.167. The molecule has 2 aromatic heterocycles. The van der Waals surface area contributed by atoms with Crippen LogP contribution in [-0.4, -0.2) is 21.3 Å². The van der Waals surface area contributed by atoms with Crippen molar-refractivity contribution < 1.29 is 4.39 Å². The Labute approximate surface area is 107 Å². The molecule has 0 saturated heterocycles. The predicted octanol–water partition coefficient (Wildman–Crippen LogP) is 2.74. The standard InChI is InChI=1S/C12H11FN4S/c13-9-2-3-10-11(8-9)18-12(16-10)14-5-7-17-6-1-4-15-17/h1-4,6,8H,5,7H2,(H,14,16). The van der Waals surface area contributed by atoms with Crippen LogP contribution in [0, 0.1) is 5.82 Å². The molecule has 0 bridgehead atoms. The molecule has 0 fully saturated rings. The van der Waals surface area contributed by atoms with Crippen molar-refractivity contribution in [3.63, 3.8) is 0 Å². The minimum Gasteiger partial charge on any atom is -0.360 e. The second kappa shape index (κ2) is 4.73. The lowest BCUT2D eigenvalue weighted by Crippen LogP contribution is -2.10. The van der Waals surface area contributed by atoms with Crippen LogP contribution >= 0.6 is 11.3 Å². The summed E-state index contributed by atoms with van der Waals surface area (Å²) in [5.74, 6) is -0.228. The number of anilines is 1. The fourth-order valence-electron chi connectivity index (χ4n) is 1.68. The van der Waals surface area contributed by atoms with Gasteiger partial charge in [-0.2, -0.15) is 5.10 Å². The summed E-state index contributed by atoms with van der Waals surface area (Å²) in [5.41, 5.74) is 0.822. The third kappa shape index (κ3) is 2.33. The number of nitrogens with one attached hydrogen (secondary N) is 1. The van der Waals surface area contributed by atoms with Crippen LogP contribution < -0.4 is 5.32 Å². The molecule has 0 unspecified atom stereocenters. The maximum Gasteiger partial charge on any atom is 0.183 e. The minimum atomic E-state index is -0.228. The zero-order chi connectivity index (χ0) is 12.4. The zero-order valence-electron chi connectivity index (χ0n) is 9.51. The molecule has 1 N–H and O–H groups in total. The van der Waals surface area contributed by atoms with Gasteiger partial charge in [-0.1, -0.05) is 11.3 Å². The Morgan fingerprint density at radius 2 is 2.33 bits per heavy atom. The van der Waals surface area contributed by atoms with E-state index in [0.29, 0.717) is 0 Å². The summed E-state index contributed by atoms with van der Waals surface area (Å²) in [5, 5.41) is 8.14. The van der Waals surface area contributed by atoms with E-state index in [4.69, 9.17) is 0 Å². The highest BCUT2D eigenvalue weighted by atomic mass is 32.1. The van der Waals surface area contributed by atoms with Crippen LogP contribution in [0.2, 0.25) is 0 Å². The van der Waals surface area contributed by atoms with Gasteiger partial charge in [0.05, 0.1) is 16.8 Å². The second-order valence-corrected chi connectivity index (χ2v) is 4.86. The number of benzene rings is 1. The maximum atomic E-state index is 13.0. The largest absolute Gasteiger partial charge is 0.360 e. The highest BCUT2D eigenvalue weighted by molar-refractivity contribution is 7.22. The molecule has 0 aliphatic rings. The Balaban J connectivity index is 1.67. The van der Waals surface area contributed by atoms with E-state index < -0.39 is 0 Å². The van der Waals surface area contributed by atoms with Gasteiger partial charge in [-0.05, 0) is 24.3 Å². The van der Waals surface area contributed by atoms with E-state index in [1.807, 2.05) is 16.9 Å². The Hall–Kier alpha value is -1.95. The smallest absolute Gasteiger partial charge is 0.183 e. The van der Waals surface area contributed by atoms with Crippen LogP contribution in [0.15, 0.2) is 36.7 Å². The average molecular weight is 262 g/mol. The van der Waals surface area contributed by atoms with E-state index >= 15 is 0 Å². The summed E-state index contributed by atoms with van der Waals surface area (Å²) in [6, 6.07) is 6.52. The number of aromatic nitrogens is 3. The lowest BCUT2D eigenvalue weighted by Gasteiger charge is -2.02. The van der Waals surface area contributed by atoms with Gasteiger partial charge in [-0.3, -0.25) is 4.68 Å². The van der Waals surface area contributed by atoms with Crippen molar-refractivity contribution in [2.75, 3.05) is 11.9 Å². The molecule has 0 radical (unpaired) electrons. The van der Waals surface area contributed by atoms with Gasteiger partial charge < -0.3 is 5.32 Å². The Morgan fingerprint density at radius 1 is 1.39 bits per heavy atom. The van der Waals surface area contributed by atoms with Gasteiger partial charge in [0.1, 0.15) is 5.82 Å². The molecule has 6 heteroatoms. The van der Waals surface area contributed by atoms with Gasteiger partial charge in [-0.15, -0.1) is 0 Å². The van der Waals surface area contributed by atoms with E-state index in [0.717, 1.165) is 28.4 Å². The highest BCUT2D eigenvalue weighted by Crippen LogP contribution is 2.26. The van der Waals surface area contributed by atoms with Crippen LogP contribution in [0.4, 0.5) is 9.52 Å². The first-order valence-corrected chi connectivity index (χ1v) is 6.40. The van der Waals surface area contributed by atoms with E-state index in [-0.39, 0.29) is 5.82 Å². The van der Waals surface area contributed by atoms with E-state index in [2.05, 4.69) is 15.4 Å². The van der Waals surface area contributed by atoms with E-state index in [9.17, 15) is 4.39 Å². The van der Waals surface area contributed by atoms with E-state index in [1.54, 1.807) is 12.3 Å². The summed E-state index contributed by atoms with van der Waals surface area (Å²) in [4.78, 5) is 4.38. The van der Waals surface area contributed by atoms with Crippen LogP contribution in [0.25, 0.3) is 10.2 Å². The minimum absolute atomic E-state index is 0.228. The van der Waals surface area contributed by atoms with Gasteiger partial charge in [0.25, 0.3) is 0 Å². The number of halogens is 1. The van der Waals surface area contributed by atoms with Crippen molar-refractivity contribution in [1.82, 2.24) is 14.8 Å². The molecule has 0 amide bonds. The average Bonchev–Trinajstić information content (AvgIpc) is 2.97. The molecule has 0 saturated carbocycles. The number of hydrogen-bond donors (Lipinski definition) is 1. The first-order valence-electron chi connectivity index (χ1n) is 5.59. The Bertz CT molecular complexity index is 647. The SMILES string of the molecule is Fc1ccc2nc(NCCn3cccn3)sc2c1. The van der Waals surface area contributed by atoms with Crippen molar-refractivity contribution in [2.24, 2.45) is 0 Å². The molecule has 0 aliphatic heterocycles. The molecule has 0 aliphatic carbocycles. The molecule has 2 heterocycles. The van der Waals surface area contributed by atoms with E-state index in [1.165, 1.54) is 23.5 Å². The van der Waals surface area contributed by atoms with Crippen LogP contribution in [-0.2, 0) is 6.54 Å². The van der Waals surface area contributed by atoms with Crippen LogP contribution in [0.3, 0.4) is 0 Å². The first-order chi connectivity index (χ1) is 8.81. The molecule has 3 aromatic rings. The van der Waals surface area contributed by atoms with Crippen molar-refractivity contribution in [3.05, 3.63) is 42.5 Å². The molecule has 18 heavy (non-hydrogen) atoms. The number of thiazole rings is 1. The molecular weight excluding hydrogens is 251 g/mol. The number of nitrogens with zero attached hydrogens (tertiary/aromatic N) is 3. The fourth-order valence-corrected chi connectivity index (χ4v) is 2.60. The molecule has 0 atom stereocenters. The molecule has 92 valence electrons. The quantitative estimate of drug-likeness (QED) is 0.786. The third-order valence-corrected chi connectivity index (χ3v) is 3.50. The molecule has 4 nitrogen and oxygen atoms in total. The summed E-state index contributed by atoms with van der Waals surface area (Å²) >= 11 is 1.46.